The van der Waals surface area contributed by atoms with E-state index in [0.29, 0.717) is 32.7 Å². The van der Waals surface area contributed by atoms with Gasteiger partial charge >= 0.3 is 0 Å². The first-order valence-corrected chi connectivity index (χ1v) is 7.94. The Hall–Kier alpha value is -1.99. The number of benzene rings is 1. The summed E-state index contributed by atoms with van der Waals surface area (Å²) in [6.07, 6.45) is 2.32. The number of fused-ring (bicyclic) bond motifs is 1. The number of hydrogen-bond donors (Lipinski definition) is 1. The van der Waals surface area contributed by atoms with Crippen LogP contribution in [0.1, 0.15) is 24.0 Å². The smallest absolute Gasteiger partial charge is 0.269 e. The highest BCUT2D eigenvalue weighted by Crippen LogP contribution is 2.26. The number of carbonyl (C=O) groups excluding carboxylic acids is 1. The summed E-state index contributed by atoms with van der Waals surface area (Å²) in [7, 11) is 0. The first-order valence-electron chi connectivity index (χ1n) is 7.94. The highest BCUT2D eigenvalue weighted by molar-refractivity contribution is 5.82. The minimum atomic E-state index is -0.515. The highest BCUT2D eigenvalue weighted by atomic mass is 16.6. The number of hydrogen-bond acceptors (Lipinski definition) is 5. The molecule has 1 saturated heterocycles. The molecule has 23 heavy (non-hydrogen) atoms. The van der Waals surface area contributed by atoms with Gasteiger partial charge in [-0.2, -0.15) is 0 Å². The van der Waals surface area contributed by atoms with E-state index in [0.717, 1.165) is 24.0 Å². The van der Waals surface area contributed by atoms with Gasteiger partial charge in [-0.05, 0) is 36.3 Å². The highest BCUT2D eigenvalue weighted by Gasteiger charge is 2.31. The molecule has 2 N–H and O–H groups in total. The van der Waals surface area contributed by atoms with E-state index in [1.807, 2.05) is 0 Å². The van der Waals surface area contributed by atoms with Gasteiger partial charge in [0.2, 0.25) is 5.91 Å². The van der Waals surface area contributed by atoms with Gasteiger partial charge < -0.3 is 15.4 Å². The summed E-state index contributed by atoms with van der Waals surface area (Å²) >= 11 is 0. The number of nitro groups is 1. The predicted molar refractivity (Wildman–Crippen MR) is 83.7 cm³/mol. The summed E-state index contributed by atoms with van der Waals surface area (Å²) in [5, 5.41) is 10.9. The van der Waals surface area contributed by atoms with Gasteiger partial charge in [-0.3, -0.25) is 14.9 Å². The van der Waals surface area contributed by atoms with Crippen molar-refractivity contribution >= 4 is 11.6 Å². The first-order chi connectivity index (χ1) is 11.1. The topological polar surface area (TPSA) is 98.7 Å². The Morgan fingerprint density at radius 1 is 1.35 bits per heavy atom. The van der Waals surface area contributed by atoms with Gasteiger partial charge in [0.05, 0.1) is 11.0 Å². The number of amides is 1. The maximum Gasteiger partial charge on any atom is 0.269 e. The van der Waals surface area contributed by atoms with Crippen LogP contribution in [0.5, 0.6) is 0 Å². The van der Waals surface area contributed by atoms with Crippen molar-refractivity contribution in [2.75, 3.05) is 19.8 Å². The molecule has 1 atom stereocenters. The lowest BCUT2D eigenvalue weighted by Crippen LogP contribution is -2.50. The lowest BCUT2D eigenvalue weighted by atomic mass is 9.90. The van der Waals surface area contributed by atoms with E-state index in [2.05, 4.69) is 0 Å². The fourth-order valence-electron chi connectivity index (χ4n) is 3.33. The molecule has 1 aromatic rings. The van der Waals surface area contributed by atoms with E-state index in [9.17, 15) is 14.9 Å². The van der Waals surface area contributed by atoms with Crippen LogP contribution in [0.3, 0.4) is 0 Å². The summed E-state index contributed by atoms with van der Waals surface area (Å²) in [6, 6.07) is 4.35. The summed E-state index contributed by atoms with van der Waals surface area (Å²) < 4.78 is 5.31. The maximum absolute atomic E-state index is 12.7. The van der Waals surface area contributed by atoms with Crippen molar-refractivity contribution in [2.24, 2.45) is 11.7 Å². The zero-order valence-corrected chi connectivity index (χ0v) is 12.9. The normalized spacial score (nSPS) is 20.0. The third-order valence-electron chi connectivity index (χ3n) is 4.78. The maximum atomic E-state index is 12.7. The molecule has 0 aliphatic carbocycles. The second-order valence-electron chi connectivity index (χ2n) is 6.20. The Balaban J connectivity index is 1.71. The molecule has 0 bridgehead atoms. The minimum absolute atomic E-state index is 0.0611. The molecular formula is C16H21N3O4. The van der Waals surface area contributed by atoms with Crippen LogP contribution in [0.15, 0.2) is 18.2 Å². The van der Waals surface area contributed by atoms with Crippen molar-refractivity contribution in [1.82, 2.24) is 4.90 Å². The molecule has 3 rings (SSSR count). The van der Waals surface area contributed by atoms with Gasteiger partial charge in [-0.15, -0.1) is 0 Å². The zero-order valence-electron chi connectivity index (χ0n) is 12.9. The van der Waals surface area contributed by atoms with Crippen molar-refractivity contribution in [2.45, 2.75) is 31.8 Å². The van der Waals surface area contributed by atoms with E-state index in [1.54, 1.807) is 17.0 Å². The zero-order chi connectivity index (χ0) is 16.4. The summed E-state index contributed by atoms with van der Waals surface area (Å²) in [5.41, 5.74) is 8.14. The molecule has 7 nitrogen and oxygen atoms in total. The first kappa shape index (κ1) is 15.9. The molecule has 1 aromatic carbocycles. The van der Waals surface area contributed by atoms with Crippen molar-refractivity contribution < 1.29 is 14.5 Å². The minimum Gasteiger partial charge on any atom is -0.381 e. The number of nitro benzene ring substituents is 1. The van der Waals surface area contributed by atoms with Crippen molar-refractivity contribution in [3.05, 3.63) is 39.4 Å². The molecule has 0 radical (unpaired) electrons. The standard InChI is InChI=1S/C16H21N3O4/c17-15(12-4-7-23-8-5-12)16(20)18-6-3-11-1-2-14(19(21)22)9-13(11)10-18/h1-2,9,12,15H,3-8,10,17H2. The van der Waals surface area contributed by atoms with Crippen LogP contribution in [0, 0.1) is 16.0 Å². The van der Waals surface area contributed by atoms with Gasteiger partial charge in [0.25, 0.3) is 5.69 Å². The molecule has 7 heteroatoms. The largest absolute Gasteiger partial charge is 0.381 e. The molecule has 1 unspecified atom stereocenters. The molecule has 0 aromatic heterocycles. The van der Waals surface area contributed by atoms with Crippen LogP contribution in [0.2, 0.25) is 0 Å². The fraction of sp³-hybridized carbons (Fsp3) is 0.562. The third kappa shape index (κ3) is 3.35. The van der Waals surface area contributed by atoms with Crippen LogP contribution < -0.4 is 5.73 Å². The molecule has 2 aliphatic rings. The number of nitrogens with zero attached hydrogens (tertiary/aromatic N) is 2. The number of ether oxygens (including phenoxy) is 1. The van der Waals surface area contributed by atoms with Crippen molar-refractivity contribution in [1.29, 1.82) is 0 Å². The average molecular weight is 319 g/mol. The van der Waals surface area contributed by atoms with Crippen LogP contribution in [0.25, 0.3) is 0 Å². The second-order valence-corrected chi connectivity index (χ2v) is 6.20. The Kier molecular flexibility index (Phi) is 4.58. The second kappa shape index (κ2) is 6.64. The summed E-state index contributed by atoms with van der Waals surface area (Å²) in [6.45, 7) is 2.31. The fourth-order valence-corrected chi connectivity index (χ4v) is 3.33. The van der Waals surface area contributed by atoms with E-state index < -0.39 is 11.0 Å². The lowest BCUT2D eigenvalue weighted by Gasteiger charge is -2.34. The van der Waals surface area contributed by atoms with E-state index in [-0.39, 0.29) is 17.5 Å². The number of non-ortho nitro benzene ring substituents is 1. The molecular weight excluding hydrogens is 298 g/mol. The molecule has 0 spiro atoms. The van der Waals surface area contributed by atoms with Crippen LogP contribution in [-0.4, -0.2) is 41.5 Å². The monoisotopic (exact) mass is 319 g/mol. The van der Waals surface area contributed by atoms with Crippen molar-refractivity contribution in [3.63, 3.8) is 0 Å². The quantitative estimate of drug-likeness (QED) is 0.667. The molecule has 2 aliphatic heterocycles. The summed E-state index contributed by atoms with van der Waals surface area (Å²) in [4.78, 5) is 24.9. The molecule has 124 valence electrons. The van der Waals surface area contributed by atoms with Gasteiger partial charge in [0, 0.05) is 38.4 Å². The predicted octanol–water partition coefficient (Wildman–Crippen LogP) is 1.23. The number of rotatable bonds is 3. The Bertz CT molecular complexity index is 613. The molecule has 2 heterocycles. The van der Waals surface area contributed by atoms with Gasteiger partial charge in [0.1, 0.15) is 0 Å². The molecule has 1 amide bonds. The molecule has 1 fully saturated rings. The van der Waals surface area contributed by atoms with E-state index >= 15 is 0 Å². The van der Waals surface area contributed by atoms with Gasteiger partial charge in [-0.1, -0.05) is 6.07 Å². The molecule has 0 saturated carbocycles. The Morgan fingerprint density at radius 3 is 2.78 bits per heavy atom. The van der Waals surface area contributed by atoms with Crippen LogP contribution in [-0.2, 0) is 22.5 Å². The Morgan fingerprint density at radius 2 is 2.09 bits per heavy atom. The van der Waals surface area contributed by atoms with Gasteiger partial charge in [-0.25, -0.2) is 0 Å². The SMILES string of the molecule is NC(C(=O)N1CCc2ccc([N+](=O)[O-])cc2C1)C1CCOCC1. The average Bonchev–Trinajstić information content (AvgIpc) is 2.60. The summed E-state index contributed by atoms with van der Waals surface area (Å²) in [5.74, 6) is 0.0943. The number of nitrogens with two attached hydrogens (primary N) is 1. The Labute approximate surface area is 134 Å². The van der Waals surface area contributed by atoms with Crippen LogP contribution >= 0.6 is 0 Å². The van der Waals surface area contributed by atoms with E-state index in [4.69, 9.17) is 10.5 Å². The van der Waals surface area contributed by atoms with E-state index in [1.165, 1.54) is 6.07 Å². The third-order valence-corrected chi connectivity index (χ3v) is 4.78. The van der Waals surface area contributed by atoms with Crippen molar-refractivity contribution in [3.8, 4) is 0 Å². The van der Waals surface area contributed by atoms with Gasteiger partial charge in [0.15, 0.2) is 0 Å². The lowest BCUT2D eigenvalue weighted by molar-refractivity contribution is -0.385. The number of carbonyl (C=O) groups is 1. The van der Waals surface area contributed by atoms with Crippen LogP contribution in [0.4, 0.5) is 5.69 Å².